The van der Waals surface area contributed by atoms with Gasteiger partial charge >= 0.3 is 0 Å². The van der Waals surface area contributed by atoms with Gasteiger partial charge in [-0.25, -0.2) is 4.99 Å². The molecule has 0 bridgehead atoms. The van der Waals surface area contributed by atoms with E-state index in [2.05, 4.69) is 25.8 Å². The molecule has 0 aliphatic carbocycles. The molecule has 33 heavy (non-hydrogen) atoms. The van der Waals surface area contributed by atoms with Gasteiger partial charge in [0.1, 0.15) is 5.75 Å². The van der Waals surface area contributed by atoms with E-state index in [1.807, 2.05) is 84.3 Å². The minimum Gasteiger partial charge on any atom is -0.493 e. The van der Waals surface area contributed by atoms with Crippen molar-refractivity contribution in [3.05, 3.63) is 84.3 Å². The third-order valence-corrected chi connectivity index (χ3v) is 4.78. The van der Waals surface area contributed by atoms with E-state index in [0.717, 1.165) is 35.3 Å². The first-order chi connectivity index (χ1) is 15.8. The number of ether oxygens (including phenoxy) is 2. The normalized spacial score (nSPS) is 11.0. The predicted octanol–water partition coefficient (Wildman–Crippen LogP) is 4.40. The molecule has 4 rings (SSSR count). The van der Waals surface area contributed by atoms with Crippen molar-refractivity contribution in [1.29, 1.82) is 0 Å². The lowest BCUT2D eigenvalue weighted by molar-refractivity contribution is 0.379. The summed E-state index contributed by atoms with van der Waals surface area (Å²) in [6.07, 6.45) is 1.95. The highest BCUT2D eigenvalue weighted by atomic mass is 127. The zero-order valence-corrected chi connectivity index (χ0v) is 20.9. The molecule has 0 saturated carbocycles. The number of benzene rings is 2. The van der Waals surface area contributed by atoms with Crippen molar-refractivity contribution >= 4 is 35.6 Å². The summed E-state index contributed by atoms with van der Waals surface area (Å²) in [6, 6.07) is 21.3. The van der Waals surface area contributed by atoms with Gasteiger partial charge < -0.3 is 20.1 Å². The molecule has 0 saturated heterocycles. The van der Waals surface area contributed by atoms with Gasteiger partial charge in [0, 0.05) is 12.7 Å². The van der Waals surface area contributed by atoms with E-state index in [1.165, 1.54) is 0 Å². The number of pyridine rings is 1. The molecule has 2 aromatic heterocycles. The first-order valence-corrected chi connectivity index (χ1v) is 10.5. The number of fused-ring (bicyclic) bond motifs is 1. The van der Waals surface area contributed by atoms with Gasteiger partial charge in [0.15, 0.2) is 28.9 Å². The summed E-state index contributed by atoms with van der Waals surface area (Å²) in [5.41, 5.74) is 1.89. The Balaban J connectivity index is 0.00000306. The lowest BCUT2D eigenvalue weighted by Crippen LogP contribution is -2.37. The monoisotopic (exact) mass is 558 g/mol. The van der Waals surface area contributed by atoms with Gasteiger partial charge in [-0.1, -0.05) is 30.3 Å². The number of aromatic nitrogens is 3. The van der Waals surface area contributed by atoms with Crippen LogP contribution in [0.3, 0.4) is 0 Å². The maximum absolute atomic E-state index is 5.93. The van der Waals surface area contributed by atoms with Crippen LogP contribution in [0, 0.1) is 0 Å². The van der Waals surface area contributed by atoms with E-state index in [4.69, 9.17) is 9.47 Å². The number of rotatable bonds is 8. The van der Waals surface area contributed by atoms with Gasteiger partial charge in [-0.15, -0.1) is 34.2 Å². The van der Waals surface area contributed by atoms with Crippen molar-refractivity contribution in [2.75, 3.05) is 13.7 Å². The molecule has 0 aliphatic heterocycles. The molecule has 0 aliphatic rings. The molecule has 8 nitrogen and oxygen atoms in total. The molecule has 0 radical (unpaired) electrons. The number of halogens is 1. The van der Waals surface area contributed by atoms with Gasteiger partial charge in [-0.2, -0.15) is 0 Å². The van der Waals surface area contributed by atoms with Crippen LogP contribution < -0.4 is 20.1 Å². The van der Waals surface area contributed by atoms with Crippen LogP contribution in [0.2, 0.25) is 0 Å². The fraction of sp³-hybridized carbons (Fsp3) is 0.208. The maximum Gasteiger partial charge on any atom is 0.191 e. The highest BCUT2D eigenvalue weighted by Crippen LogP contribution is 2.30. The molecule has 0 fully saturated rings. The van der Waals surface area contributed by atoms with Crippen LogP contribution in [-0.4, -0.2) is 34.2 Å². The largest absolute Gasteiger partial charge is 0.493 e. The standard InChI is InChI=1S/C24H26N6O2.HI/c1-3-25-24(27-17-23-29-28-22-10-6-7-15-30(22)23)26-16-18-11-13-19(14-12-18)32-21-9-5-4-8-20(21)31-2;/h4-15H,3,16-17H2,1-2H3,(H2,25,26,27);1H. The highest BCUT2D eigenvalue weighted by Gasteiger charge is 2.07. The molecule has 172 valence electrons. The number of para-hydroxylation sites is 2. The topological polar surface area (TPSA) is 85.1 Å². The van der Waals surface area contributed by atoms with Gasteiger partial charge in [-0.3, -0.25) is 4.40 Å². The lowest BCUT2D eigenvalue weighted by Gasteiger charge is -2.11. The van der Waals surface area contributed by atoms with Crippen LogP contribution in [0.4, 0.5) is 0 Å². The summed E-state index contributed by atoms with van der Waals surface area (Å²) < 4.78 is 13.2. The first kappa shape index (κ1) is 24.3. The van der Waals surface area contributed by atoms with Crippen molar-refractivity contribution in [2.24, 2.45) is 4.99 Å². The molecule has 2 aromatic carbocycles. The van der Waals surface area contributed by atoms with Crippen LogP contribution in [0.1, 0.15) is 18.3 Å². The van der Waals surface area contributed by atoms with Crippen LogP contribution in [-0.2, 0) is 13.1 Å². The Kier molecular flexibility index (Phi) is 8.87. The fourth-order valence-electron chi connectivity index (χ4n) is 3.18. The molecule has 0 unspecified atom stereocenters. The van der Waals surface area contributed by atoms with E-state index in [9.17, 15) is 0 Å². The molecule has 0 atom stereocenters. The summed E-state index contributed by atoms with van der Waals surface area (Å²) in [4.78, 5) is 4.68. The zero-order valence-electron chi connectivity index (χ0n) is 18.6. The van der Waals surface area contributed by atoms with Crippen molar-refractivity contribution in [1.82, 2.24) is 25.2 Å². The van der Waals surface area contributed by atoms with Gasteiger partial charge in [0.25, 0.3) is 0 Å². The zero-order chi connectivity index (χ0) is 22.2. The Morgan fingerprint density at radius 3 is 2.45 bits per heavy atom. The molecule has 9 heteroatoms. The van der Waals surface area contributed by atoms with Crippen LogP contribution >= 0.6 is 24.0 Å². The predicted molar refractivity (Wildman–Crippen MR) is 140 cm³/mol. The van der Waals surface area contributed by atoms with Crippen LogP contribution in [0.25, 0.3) is 5.65 Å². The van der Waals surface area contributed by atoms with Crippen molar-refractivity contribution in [3.63, 3.8) is 0 Å². The quantitative estimate of drug-likeness (QED) is 0.190. The van der Waals surface area contributed by atoms with E-state index in [0.29, 0.717) is 24.6 Å². The second kappa shape index (κ2) is 12.0. The number of hydrogen-bond donors (Lipinski definition) is 2. The smallest absolute Gasteiger partial charge is 0.191 e. The Bertz CT molecular complexity index is 1190. The van der Waals surface area contributed by atoms with Crippen molar-refractivity contribution < 1.29 is 9.47 Å². The van der Waals surface area contributed by atoms with Crippen LogP contribution in [0.15, 0.2) is 77.9 Å². The SMILES string of the molecule is CCNC(=NCc1ccc(Oc2ccccc2OC)cc1)NCc1nnc2ccccn12.I. The van der Waals surface area contributed by atoms with E-state index >= 15 is 0 Å². The van der Waals surface area contributed by atoms with Gasteiger partial charge in [0.2, 0.25) is 0 Å². The number of nitrogens with zero attached hydrogens (tertiary/aromatic N) is 4. The van der Waals surface area contributed by atoms with Gasteiger partial charge in [-0.05, 0) is 48.9 Å². The number of hydrogen-bond acceptors (Lipinski definition) is 5. The number of methoxy groups -OCH3 is 1. The number of aliphatic imine (C=N–C) groups is 1. The van der Waals surface area contributed by atoms with Gasteiger partial charge in [0.05, 0.1) is 20.2 Å². The van der Waals surface area contributed by atoms with E-state index in [-0.39, 0.29) is 24.0 Å². The summed E-state index contributed by atoms with van der Waals surface area (Å²) in [6.45, 7) is 3.85. The molecule has 2 N–H and O–H groups in total. The second-order valence-corrected chi connectivity index (χ2v) is 6.99. The summed E-state index contributed by atoms with van der Waals surface area (Å²) >= 11 is 0. The minimum atomic E-state index is 0. The van der Waals surface area contributed by atoms with Crippen molar-refractivity contribution in [3.8, 4) is 17.2 Å². The average Bonchev–Trinajstić information content (AvgIpc) is 3.25. The molecule has 0 spiro atoms. The maximum atomic E-state index is 5.93. The molecular weight excluding hydrogens is 531 g/mol. The summed E-state index contributed by atoms with van der Waals surface area (Å²) in [7, 11) is 1.63. The number of guanidine groups is 1. The first-order valence-electron chi connectivity index (χ1n) is 10.5. The lowest BCUT2D eigenvalue weighted by atomic mass is 10.2. The molecule has 4 aromatic rings. The molecular formula is C24H27IN6O2. The Morgan fingerprint density at radius 2 is 1.70 bits per heavy atom. The third-order valence-electron chi connectivity index (χ3n) is 4.78. The highest BCUT2D eigenvalue weighted by molar-refractivity contribution is 14.0. The molecule has 2 heterocycles. The van der Waals surface area contributed by atoms with E-state index in [1.54, 1.807) is 7.11 Å². The minimum absolute atomic E-state index is 0. The summed E-state index contributed by atoms with van der Waals surface area (Å²) in [5.74, 6) is 3.66. The fourth-order valence-corrected chi connectivity index (χ4v) is 3.18. The Labute approximate surface area is 210 Å². The van der Waals surface area contributed by atoms with Crippen LogP contribution in [0.5, 0.6) is 17.2 Å². The summed E-state index contributed by atoms with van der Waals surface area (Å²) in [5, 5.41) is 15.0. The van der Waals surface area contributed by atoms with Crippen molar-refractivity contribution in [2.45, 2.75) is 20.0 Å². The molecule has 0 amide bonds. The Hall–Kier alpha value is -3.34. The average molecular weight is 558 g/mol. The second-order valence-electron chi connectivity index (χ2n) is 6.99. The van der Waals surface area contributed by atoms with E-state index < -0.39 is 0 Å². The third kappa shape index (κ3) is 6.35. The Morgan fingerprint density at radius 1 is 0.939 bits per heavy atom. The number of nitrogens with one attached hydrogen (secondary N) is 2.